The van der Waals surface area contributed by atoms with Gasteiger partial charge in [0.15, 0.2) is 0 Å². The highest BCUT2D eigenvalue weighted by atomic mass is 16.5. The number of nitrogens with zero attached hydrogens (tertiary/aromatic N) is 2. The lowest BCUT2D eigenvalue weighted by Crippen LogP contribution is -2.34. The summed E-state index contributed by atoms with van der Waals surface area (Å²) >= 11 is 0. The van der Waals surface area contributed by atoms with E-state index in [1.165, 1.54) is 6.92 Å². The fourth-order valence-corrected chi connectivity index (χ4v) is 3.47. The van der Waals surface area contributed by atoms with Gasteiger partial charge in [0.1, 0.15) is 0 Å². The Labute approximate surface area is 149 Å². The van der Waals surface area contributed by atoms with Crippen molar-refractivity contribution in [2.75, 3.05) is 32.8 Å². The minimum absolute atomic E-state index is 0.0227. The molecule has 0 aromatic carbocycles. The molecule has 1 aromatic rings. The average Bonchev–Trinajstić information content (AvgIpc) is 2.87. The summed E-state index contributed by atoms with van der Waals surface area (Å²) in [6, 6.07) is 4.07. The number of nitrogens with one attached hydrogen (secondary N) is 1. The molecule has 6 heteroatoms. The molecule has 3 heterocycles. The molecule has 1 aromatic heterocycles. The molecule has 0 saturated carbocycles. The van der Waals surface area contributed by atoms with Gasteiger partial charge in [-0.05, 0) is 30.9 Å². The van der Waals surface area contributed by atoms with Gasteiger partial charge >= 0.3 is 0 Å². The quantitative estimate of drug-likeness (QED) is 0.845. The Morgan fingerprint density at radius 3 is 2.96 bits per heavy atom. The molecule has 0 spiro atoms. The van der Waals surface area contributed by atoms with Crippen molar-refractivity contribution in [2.45, 2.75) is 51.4 Å². The van der Waals surface area contributed by atoms with Gasteiger partial charge in [0.2, 0.25) is 5.91 Å². The van der Waals surface area contributed by atoms with Crippen LogP contribution in [0.25, 0.3) is 0 Å². The number of carbonyl (C=O) groups is 1. The summed E-state index contributed by atoms with van der Waals surface area (Å²) in [7, 11) is 0. The molecular formula is C19H29N3O3. The summed E-state index contributed by atoms with van der Waals surface area (Å²) in [5, 5.41) is 2.79. The summed E-state index contributed by atoms with van der Waals surface area (Å²) in [5.41, 5.74) is 2.08. The van der Waals surface area contributed by atoms with Gasteiger partial charge in [0.25, 0.3) is 0 Å². The topological polar surface area (TPSA) is 63.7 Å². The molecule has 2 aliphatic rings. The van der Waals surface area contributed by atoms with E-state index in [0.29, 0.717) is 12.6 Å². The second-order valence-corrected chi connectivity index (χ2v) is 7.00. The van der Waals surface area contributed by atoms with Crippen LogP contribution in [-0.4, -0.2) is 60.8 Å². The highest BCUT2D eigenvalue weighted by molar-refractivity contribution is 5.72. The minimum atomic E-state index is -0.0227. The number of aromatic nitrogens is 1. The fraction of sp³-hybridized carbons (Fsp3) is 0.684. The normalized spacial score (nSPS) is 24.8. The van der Waals surface area contributed by atoms with Crippen molar-refractivity contribution < 1.29 is 14.3 Å². The van der Waals surface area contributed by atoms with E-state index in [9.17, 15) is 4.79 Å². The van der Waals surface area contributed by atoms with Crippen LogP contribution in [0.4, 0.5) is 0 Å². The molecule has 3 rings (SSSR count). The SMILES string of the molecule is CC(=O)NCc1ccc(C[C@@H]2CC[C@H](CN3CCCOCC3)O2)nc1. The molecule has 0 bridgehead atoms. The van der Waals surface area contributed by atoms with Crippen molar-refractivity contribution in [3.05, 3.63) is 29.6 Å². The Morgan fingerprint density at radius 2 is 2.16 bits per heavy atom. The van der Waals surface area contributed by atoms with Crippen LogP contribution in [-0.2, 0) is 27.2 Å². The van der Waals surface area contributed by atoms with Crippen molar-refractivity contribution in [1.29, 1.82) is 0 Å². The van der Waals surface area contributed by atoms with Gasteiger partial charge in [-0.1, -0.05) is 6.07 Å². The van der Waals surface area contributed by atoms with Crippen LogP contribution in [0.1, 0.15) is 37.4 Å². The van der Waals surface area contributed by atoms with E-state index in [1.807, 2.05) is 18.3 Å². The van der Waals surface area contributed by atoms with Gasteiger partial charge in [0.05, 0.1) is 18.8 Å². The molecule has 2 aliphatic heterocycles. The molecule has 6 nitrogen and oxygen atoms in total. The van der Waals surface area contributed by atoms with Gasteiger partial charge in [-0.3, -0.25) is 14.7 Å². The first-order valence-corrected chi connectivity index (χ1v) is 9.33. The van der Waals surface area contributed by atoms with Crippen LogP contribution in [0, 0.1) is 0 Å². The Morgan fingerprint density at radius 1 is 1.28 bits per heavy atom. The summed E-state index contributed by atoms with van der Waals surface area (Å²) in [5.74, 6) is -0.0227. The second kappa shape index (κ2) is 9.27. The molecule has 2 atom stereocenters. The van der Waals surface area contributed by atoms with E-state index in [2.05, 4.69) is 15.2 Å². The van der Waals surface area contributed by atoms with E-state index in [1.54, 1.807) is 0 Å². The van der Waals surface area contributed by atoms with Crippen molar-refractivity contribution in [1.82, 2.24) is 15.2 Å². The van der Waals surface area contributed by atoms with Crippen LogP contribution in [0.15, 0.2) is 18.3 Å². The maximum absolute atomic E-state index is 10.9. The maximum Gasteiger partial charge on any atom is 0.217 e. The fourth-order valence-electron chi connectivity index (χ4n) is 3.47. The van der Waals surface area contributed by atoms with Crippen LogP contribution in [0.3, 0.4) is 0 Å². The van der Waals surface area contributed by atoms with E-state index < -0.39 is 0 Å². The molecule has 0 aliphatic carbocycles. The first-order valence-electron chi connectivity index (χ1n) is 9.33. The van der Waals surface area contributed by atoms with E-state index >= 15 is 0 Å². The number of carbonyl (C=O) groups excluding carboxylic acids is 1. The third-order valence-corrected chi connectivity index (χ3v) is 4.84. The van der Waals surface area contributed by atoms with Gasteiger partial charge in [-0.2, -0.15) is 0 Å². The van der Waals surface area contributed by atoms with E-state index in [0.717, 1.165) is 69.8 Å². The molecule has 138 valence electrons. The largest absolute Gasteiger partial charge is 0.380 e. The third kappa shape index (κ3) is 6.06. The molecule has 2 fully saturated rings. The monoisotopic (exact) mass is 347 g/mol. The Bertz CT molecular complexity index is 541. The average molecular weight is 347 g/mol. The zero-order valence-electron chi connectivity index (χ0n) is 15.1. The second-order valence-electron chi connectivity index (χ2n) is 7.00. The van der Waals surface area contributed by atoms with Crippen molar-refractivity contribution in [2.24, 2.45) is 0 Å². The van der Waals surface area contributed by atoms with Gasteiger partial charge < -0.3 is 14.8 Å². The zero-order valence-corrected chi connectivity index (χ0v) is 15.1. The zero-order chi connectivity index (χ0) is 17.5. The predicted molar refractivity (Wildman–Crippen MR) is 95.2 cm³/mol. The lowest BCUT2D eigenvalue weighted by molar-refractivity contribution is -0.119. The van der Waals surface area contributed by atoms with Gasteiger partial charge in [-0.25, -0.2) is 0 Å². The summed E-state index contributed by atoms with van der Waals surface area (Å²) in [4.78, 5) is 17.9. The van der Waals surface area contributed by atoms with Crippen LogP contribution >= 0.6 is 0 Å². The summed E-state index contributed by atoms with van der Waals surface area (Å²) in [6.07, 6.45) is 6.65. The standard InChI is InChI=1S/C19H29N3O3/c1-15(23)20-12-16-3-4-17(21-13-16)11-18-5-6-19(25-18)14-22-7-2-9-24-10-8-22/h3-4,13,18-19H,2,5-12,14H2,1H3,(H,20,23)/t18-,19+/m0/s1. The molecule has 0 radical (unpaired) electrons. The molecule has 0 unspecified atom stereocenters. The first-order chi connectivity index (χ1) is 12.2. The summed E-state index contributed by atoms with van der Waals surface area (Å²) < 4.78 is 11.8. The van der Waals surface area contributed by atoms with E-state index in [-0.39, 0.29) is 12.0 Å². The van der Waals surface area contributed by atoms with Crippen LogP contribution < -0.4 is 5.32 Å². The highest BCUT2D eigenvalue weighted by Crippen LogP contribution is 2.23. The molecular weight excluding hydrogens is 318 g/mol. The summed E-state index contributed by atoms with van der Waals surface area (Å²) in [6.45, 7) is 6.92. The Hall–Kier alpha value is -1.50. The van der Waals surface area contributed by atoms with E-state index in [4.69, 9.17) is 9.47 Å². The first kappa shape index (κ1) is 18.3. The van der Waals surface area contributed by atoms with Crippen molar-refractivity contribution in [3.8, 4) is 0 Å². The molecule has 1 N–H and O–H groups in total. The Balaban J connectivity index is 1.42. The Kier molecular flexibility index (Phi) is 6.78. The number of pyridine rings is 1. The van der Waals surface area contributed by atoms with Crippen LogP contribution in [0.5, 0.6) is 0 Å². The van der Waals surface area contributed by atoms with Crippen molar-refractivity contribution >= 4 is 5.91 Å². The number of hydrogen-bond acceptors (Lipinski definition) is 5. The van der Waals surface area contributed by atoms with Crippen LogP contribution in [0.2, 0.25) is 0 Å². The number of amides is 1. The highest BCUT2D eigenvalue weighted by Gasteiger charge is 2.27. The smallest absolute Gasteiger partial charge is 0.217 e. The maximum atomic E-state index is 10.9. The number of ether oxygens (including phenoxy) is 2. The van der Waals surface area contributed by atoms with Gasteiger partial charge in [0, 0.05) is 58.0 Å². The molecule has 1 amide bonds. The lowest BCUT2D eigenvalue weighted by atomic mass is 10.1. The predicted octanol–water partition coefficient (Wildman–Crippen LogP) is 1.53. The van der Waals surface area contributed by atoms with Gasteiger partial charge in [-0.15, -0.1) is 0 Å². The minimum Gasteiger partial charge on any atom is -0.380 e. The molecule has 2 saturated heterocycles. The molecule has 25 heavy (non-hydrogen) atoms. The third-order valence-electron chi connectivity index (χ3n) is 4.84. The number of hydrogen-bond donors (Lipinski definition) is 1. The van der Waals surface area contributed by atoms with Crippen molar-refractivity contribution in [3.63, 3.8) is 0 Å². The number of rotatable bonds is 6. The lowest BCUT2D eigenvalue weighted by Gasteiger charge is -2.23.